The Morgan fingerprint density at radius 3 is 2.72 bits per heavy atom. The summed E-state index contributed by atoms with van der Waals surface area (Å²) in [7, 11) is 0. The van der Waals surface area contributed by atoms with Gasteiger partial charge in [0.25, 0.3) is 5.91 Å². The quantitative estimate of drug-likeness (QED) is 0.280. The van der Waals surface area contributed by atoms with Gasteiger partial charge in [-0.15, -0.1) is 16.4 Å². The largest absolute Gasteiger partial charge is 0.346 e. The van der Waals surface area contributed by atoms with Crippen LogP contribution in [-0.2, 0) is 17.8 Å². The number of hydrogen-bond acceptors (Lipinski definition) is 6. The highest BCUT2D eigenvalue weighted by Crippen LogP contribution is 2.29. The number of nitrogens with one attached hydrogen (secondary N) is 2. The van der Waals surface area contributed by atoms with E-state index in [1.54, 1.807) is 27.7 Å². The number of amides is 2. The predicted molar refractivity (Wildman–Crippen MR) is 117 cm³/mol. The van der Waals surface area contributed by atoms with Crippen LogP contribution in [0, 0.1) is 5.82 Å². The molecule has 0 bridgehead atoms. The van der Waals surface area contributed by atoms with Crippen molar-refractivity contribution in [2.45, 2.75) is 25.4 Å². The summed E-state index contributed by atoms with van der Waals surface area (Å²) in [6, 6.07) is 12.9. The van der Waals surface area contributed by atoms with Gasteiger partial charge in [0.1, 0.15) is 11.5 Å². The van der Waals surface area contributed by atoms with Gasteiger partial charge in [0, 0.05) is 10.3 Å². The van der Waals surface area contributed by atoms with E-state index in [-0.39, 0.29) is 24.9 Å². The maximum Gasteiger partial charge on any atom is 0.251 e. The Kier molecular flexibility index (Phi) is 6.52. The Hall–Kier alpha value is -3.63. The minimum Gasteiger partial charge on any atom is -0.346 e. The van der Waals surface area contributed by atoms with E-state index in [1.165, 1.54) is 24.3 Å². The van der Waals surface area contributed by atoms with Crippen molar-refractivity contribution in [1.82, 2.24) is 25.8 Å². The lowest BCUT2D eigenvalue weighted by Crippen LogP contribution is -2.25. The van der Waals surface area contributed by atoms with Crippen LogP contribution in [0.4, 0.5) is 4.39 Å². The number of carbonyl (C=O) groups is 2. The molecule has 0 aliphatic rings. The SMILES string of the molecule is O=C(C[C@@H](Cc1csc2ccccc12)n1cc(CNC(=O)c2ccc(F)cc2)nn1)NO. The number of fused-ring (bicyclic) bond motifs is 1. The Labute approximate surface area is 186 Å². The molecule has 0 aliphatic carbocycles. The topological polar surface area (TPSA) is 109 Å². The van der Waals surface area contributed by atoms with Crippen LogP contribution >= 0.6 is 11.3 Å². The first-order valence-corrected chi connectivity index (χ1v) is 10.7. The first-order valence-electron chi connectivity index (χ1n) is 9.86. The normalized spacial score (nSPS) is 11.9. The van der Waals surface area contributed by atoms with Crippen molar-refractivity contribution in [2.75, 3.05) is 0 Å². The predicted octanol–water partition coefficient (Wildman–Crippen LogP) is 3.24. The Bertz CT molecular complexity index is 1240. The number of carbonyl (C=O) groups excluding carboxylic acids is 2. The van der Waals surface area contributed by atoms with Gasteiger partial charge in [-0.25, -0.2) is 14.6 Å². The summed E-state index contributed by atoms with van der Waals surface area (Å²) in [6.45, 7) is 0.122. The van der Waals surface area contributed by atoms with E-state index in [0.717, 1.165) is 15.6 Å². The molecule has 4 rings (SSSR count). The van der Waals surface area contributed by atoms with Crippen LogP contribution in [0.15, 0.2) is 60.1 Å². The van der Waals surface area contributed by atoms with Crippen molar-refractivity contribution in [2.24, 2.45) is 0 Å². The molecule has 0 aliphatic heterocycles. The summed E-state index contributed by atoms with van der Waals surface area (Å²) in [5.74, 6) is -1.31. The van der Waals surface area contributed by atoms with Gasteiger partial charge in [0.15, 0.2) is 0 Å². The van der Waals surface area contributed by atoms with Gasteiger partial charge in [-0.2, -0.15) is 0 Å². The zero-order valence-electron chi connectivity index (χ0n) is 16.9. The zero-order valence-corrected chi connectivity index (χ0v) is 17.7. The molecule has 3 N–H and O–H groups in total. The van der Waals surface area contributed by atoms with Gasteiger partial charge in [-0.05, 0) is 53.1 Å². The monoisotopic (exact) mass is 453 g/mol. The highest BCUT2D eigenvalue weighted by atomic mass is 32.1. The third-order valence-corrected chi connectivity index (χ3v) is 6.04. The Morgan fingerprint density at radius 2 is 1.94 bits per heavy atom. The molecule has 0 fully saturated rings. The second-order valence-electron chi connectivity index (χ2n) is 7.23. The average molecular weight is 453 g/mol. The fraction of sp³-hybridized carbons (Fsp3) is 0.182. The molecule has 2 aromatic heterocycles. The maximum atomic E-state index is 13.0. The molecule has 2 aromatic carbocycles. The molecular weight excluding hydrogens is 433 g/mol. The number of rotatable bonds is 8. The standard InChI is InChI=1S/C22H20FN5O3S/c23-16-7-5-14(6-8-16)22(30)24-11-17-12-28(27-25-17)18(10-21(29)26-31)9-15-13-32-20-4-2-1-3-19(15)20/h1-8,12-13,18,31H,9-11H2,(H,24,30)(H,26,29)/t18-/m1/s1. The van der Waals surface area contributed by atoms with Gasteiger partial charge in [-0.3, -0.25) is 14.8 Å². The van der Waals surface area contributed by atoms with Crippen LogP contribution in [0.25, 0.3) is 10.1 Å². The van der Waals surface area contributed by atoms with Crippen LogP contribution in [0.3, 0.4) is 0 Å². The maximum absolute atomic E-state index is 13.0. The smallest absolute Gasteiger partial charge is 0.251 e. The van der Waals surface area contributed by atoms with E-state index < -0.39 is 11.7 Å². The fourth-order valence-corrected chi connectivity index (χ4v) is 4.39. The van der Waals surface area contributed by atoms with E-state index in [0.29, 0.717) is 17.7 Å². The molecule has 8 nitrogen and oxygen atoms in total. The van der Waals surface area contributed by atoms with E-state index in [2.05, 4.69) is 21.0 Å². The minimum atomic E-state index is -0.531. The number of hydrogen-bond donors (Lipinski definition) is 3. The molecule has 2 heterocycles. The molecule has 32 heavy (non-hydrogen) atoms. The van der Waals surface area contributed by atoms with Crippen LogP contribution in [-0.4, -0.2) is 32.0 Å². The summed E-state index contributed by atoms with van der Waals surface area (Å²) >= 11 is 1.62. The highest BCUT2D eigenvalue weighted by Gasteiger charge is 2.20. The van der Waals surface area contributed by atoms with Crippen LogP contribution < -0.4 is 10.8 Å². The van der Waals surface area contributed by atoms with Crippen LogP contribution in [0.2, 0.25) is 0 Å². The summed E-state index contributed by atoms with van der Waals surface area (Å²) in [5, 5.41) is 23.1. The van der Waals surface area contributed by atoms with E-state index >= 15 is 0 Å². The van der Waals surface area contributed by atoms with E-state index in [4.69, 9.17) is 5.21 Å². The molecular formula is C22H20FN5O3S. The van der Waals surface area contributed by atoms with Crippen molar-refractivity contribution in [3.63, 3.8) is 0 Å². The van der Waals surface area contributed by atoms with Crippen molar-refractivity contribution in [3.05, 3.63) is 82.7 Å². The second kappa shape index (κ2) is 9.67. The molecule has 164 valence electrons. The average Bonchev–Trinajstić information content (AvgIpc) is 3.45. The first kappa shape index (κ1) is 21.6. The van der Waals surface area contributed by atoms with Crippen molar-refractivity contribution in [1.29, 1.82) is 0 Å². The van der Waals surface area contributed by atoms with E-state index in [1.807, 2.05) is 24.3 Å². The molecule has 0 spiro atoms. The fourth-order valence-electron chi connectivity index (χ4n) is 3.41. The van der Waals surface area contributed by atoms with E-state index in [9.17, 15) is 14.0 Å². The zero-order chi connectivity index (χ0) is 22.5. The molecule has 10 heteroatoms. The third kappa shape index (κ3) is 4.98. The molecule has 0 saturated carbocycles. The third-order valence-electron chi connectivity index (χ3n) is 5.03. The van der Waals surface area contributed by atoms with Crippen LogP contribution in [0.5, 0.6) is 0 Å². The number of benzene rings is 2. The first-order chi connectivity index (χ1) is 15.5. The Balaban J connectivity index is 1.48. The molecule has 0 saturated heterocycles. The lowest BCUT2D eigenvalue weighted by molar-refractivity contribution is -0.130. The van der Waals surface area contributed by atoms with Gasteiger partial charge in [0.05, 0.1) is 25.2 Å². The van der Waals surface area contributed by atoms with Gasteiger partial charge in [0.2, 0.25) is 5.91 Å². The molecule has 0 radical (unpaired) electrons. The summed E-state index contributed by atoms with van der Waals surface area (Å²) in [6.07, 6.45) is 2.18. The molecule has 1 atom stereocenters. The number of aromatic nitrogens is 3. The number of nitrogens with zero attached hydrogens (tertiary/aromatic N) is 3. The summed E-state index contributed by atoms with van der Waals surface area (Å²) < 4.78 is 15.7. The lowest BCUT2D eigenvalue weighted by Gasteiger charge is -2.15. The summed E-state index contributed by atoms with van der Waals surface area (Å²) in [5.41, 5.74) is 3.58. The van der Waals surface area contributed by atoms with Gasteiger partial charge < -0.3 is 5.32 Å². The Morgan fingerprint density at radius 1 is 1.16 bits per heavy atom. The van der Waals surface area contributed by atoms with Crippen molar-refractivity contribution >= 4 is 33.2 Å². The van der Waals surface area contributed by atoms with Crippen molar-refractivity contribution < 1.29 is 19.2 Å². The number of thiophene rings is 1. The second-order valence-corrected chi connectivity index (χ2v) is 8.14. The molecule has 0 unspecified atom stereocenters. The highest BCUT2D eigenvalue weighted by molar-refractivity contribution is 7.17. The molecule has 2 amide bonds. The van der Waals surface area contributed by atoms with Crippen molar-refractivity contribution in [3.8, 4) is 0 Å². The number of hydroxylamine groups is 1. The number of halogens is 1. The summed E-state index contributed by atoms with van der Waals surface area (Å²) in [4.78, 5) is 24.1. The lowest BCUT2D eigenvalue weighted by atomic mass is 10.0. The van der Waals surface area contributed by atoms with Gasteiger partial charge in [-0.1, -0.05) is 23.4 Å². The molecule has 4 aromatic rings. The minimum absolute atomic E-state index is 0.00537. The van der Waals surface area contributed by atoms with Crippen LogP contribution in [0.1, 0.15) is 34.1 Å². The van der Waals surface area contributed by atoms with Gasteiger partial charge >= 0.3 is 0 Å².